The summed E-state index contributed by atoms with van der Waals surface area (Å²) in [5.74, 6) is 0.211. The Labute approximate surface area is 142 Å². The van der Waals surface area contributed by atoms with Gasteiger partial charge < -0.3 is 9.64 Å². The highest BCUT2D eigenvalue weighted by molar-refractivity contribution is 5.82. The van der Waals surface area contributed by atoms with Gasteiger partial charge in [0.25, 0.3) is 0 Å². The lowest BCUT2D eigenvalue weighted by Gasteiger charge is -2.34. The molecule has 1 saturated heterocycles. The molecule has 1 aliphatic heterocycles. The highest BCUT2D eigenvalue weighted by Gasteiger charge is 2.31. The summed E-state index contributed by atoms with van der Waals surface area (Å²) in [6.07, 6.45) is 1.14. The minimum Gasteiger partial charge on any atom is -0.445 e. The summed E-state index contributed by atoms with van der Waals surface area (Å²) in [6.45, 7) is 0.687. The van der Waals surface area contributed by atoms with E-state index in [1.54, 1.807) is 4.90 Å². The van der Waals surface area contributed by atoms with E-state index in [1.165, 1.54) is 0 Å². The Morgan fingerprint density at radius 3 is 2.29 bits per heavy atom. The van der Waals surface area contributed by atoms with Crippen molar-refractivity contribution in [1.82, 2.24) is 4.90 Å². The van der Waals surface area contributed by atoms with Gasteiger partial charge in [-0.15, -0.1) is 0 Å². The number of carbonyl (C=O) groups is 2. The average Bonchev–Trinajstić information content (AvgIpc) is 2.62. The Morgan fingerprint density at radius 2 is 1.62 bits per heavy atom. The van der Waals surface area contributed by atoms with Gasteiger partial charge in [-0.2, -0.15) is 0 Å². The standard InChI is InChI=1S/C20H21NO3/c22-19-11-12-21(18(14-19)13-16-7-3-1-4-8-16)20(23)24-15-17-9-5-2-6-10-17/h1-10,18H,11-15H2/t18-/m0/s1. The van der Waals surface area contributed by atoms with Gasteiger partial charge in [0.05, 0.1) is 0 Å². The number of likely N-dealkylation sites (tertiary alicyclic amines) is 1. The molecule has 0 N–H and O–H groups in total. The topological polar surface area (TPSA) is 46.6 Å². The van der Waals surface area contributed by atoms with Crippen LogP contribution in [0.5, 0.6) is 0 Å². The van der Waals surface area contributed by atoms with Crippen LogP contribution in [-0.2, 0) is 22.6 Å². The van der Waals surface area contributed by atoms with E-state index in [-0.39, 0.29) is 24.5 Å². The highest BCUT2D eigenvalue weighted by Crippen LogP contribution is 2.20. The summed E-state index contributed by atoms with van der Waals surface area (Å²) >= 11 is 0. The molecule has 0 aromatic heterocycles. The molecule has 124 valence electrons. The molecular formula is C20H21NO3. The third-order valence-electron chi connectivity index (χ3n) is 4.29. The fraction of sp³-hybridized carbons (Fsp3) is 0.300. The van der Waals surface area contributed by atoms with Crippen LogP contribution in [0.25, 0.3) is 0 Å². The molecule has 2 aromatic rings. The van der Waals surface area contributed by atoms with Crippen LogP contribution in [0.4, 0.5) is 4.79 Å². The van der Waals surface area contributed by atoms with Gasteiger partial charge in [0.15, 0.2) is 0 Å². The molecule has 1 heterocycles. The number of hydrogen-bond acceptors (Lipinski definition) is 3. The number of ether oxygens (including phenoxy) is 1. The zero-order valence-electron chi connectivity index (χ0n) is 13.6. The molecule has 0 spiro atoms. The summed E-state index contributed by atoms with van der Waals surface area (Å²) in [5.41, 5.74) is 2.08. The number of nitrogens with zero attached hydrogens (tertiary/aromatic N) is 1. The number of piperidine rings is 1. The van der Waals surface area contributed by atoms with Crippen LogP contribution in [0.2, 0.25) is 0 Å². The van der Waals surface area contributed by atoms with E-state index in [4.69, 9.17) is 4.74 Å². The molecule has 3 rings (SSSR count). The molecule has 24 heavy (non-hydrogen) atoms. The van der Waals surface area contributed by atoms with Gasteiger partial charge in [-0.3, -0.25) is 4.79 Å². The number of rotatable bonds is 4. The molecule has 4 heteroatoms. The summed E-state index contributed by atoms with van der Waals surface area (Å²) in [6, 6.07) is 19.4. The van der Waals surface area contributed by atoms with E-state index >= 15 is 0 Å². The number of Topliss-reactive ketones (excluding diaryl/α,β-unsaturated/α-hetero) is 1. The lowest BCUT2D eigenvalue weighted by Crippen LogP contribution is -2.47. The highest BCUT2D eigenvalue weighted by atomic mass is 16.6. The molecule has 1 fully saturated rings. The van der Waals surface area contributed by atoms with E-state index in [2.05, 4.69) is 0 Å². The molecule has 0 radical (unpaired) electrons. The fourth-order valence-electron chi connectivity index (χ4n) is 3.01. The number of amides is 1. The molecule has 4 nitrogen and oxygen atoms in total. The van der Waals surface area contributed by atoms with Crippen molar-refractivity contribution < 1.29 is 14.3 Å². The molecular weight excluding hydrogens is 302 g/mol. The molecule has 0 saturated carbocycles. The smallest absolute Gasteiger partial charge is 0.410 e. The van der Waals surface area contributed by atoms with E-state index < -0.39 is 0 Å². The van der Waals surface area contributed by atoms with Crippen molar-refractivity contribution in [3.05, 3.63) is 71.8 Å². The molecule has 0 unspecified atom stereocenters. The first-order valence-electron chi connectivity index (χ1n) is 8.25. The first-order chi connectivity index (χ1) is 11.7. The van der Waals surface area contributed by atoms with E-state index in [0.29, 0.717) is 25.8 Å². The number of carbonyl (C=O) groups excluding carboxylic acids is 2. The van der Waals surface area contributed by atoms with Crippen molar-refractivity contribution >= 4 is 11.9 Å². The Kier molecular flexibility index (Phi) is 5.26. The second kappa shape index (κ2) is 7.77. The molecule has 1 aliphatic rings. The van der Waals surface area contributed by atoms with Crippen molar-refractivity contribution in [3.63, 3.8) is 0 Å². The minimum atomic E-state index is -0.340. The monoisotopic (exact) mass is 323 g/mol. The van der Waals surface area contributed by atoms with E-state index in [1.807, 2.05) is 60.7 Å². The average molecular weight is 323 g/mol. The van der Waals surface area contributed by atoms with Crippen LogP contribution >= 0.6 is 0 Å². The number of hydrogen-bond donors (Lipinski definition) is 0. The molecule has 0 bridgehead atoms. The SMILES string of the molecule is O=C1CCN(C(=O)OCc2ccccc2)[C@@H](Cc2ccccc2)C1. The van der Waals surface area contributed by atoms with Gasteiger partial charge in [-0.05, 0) is 17.5 Å². The molecule has 1 amide bonds. The number of benzene rings is 2. The van der Waals surface area contributed by atoms with Gasteiger partial charge in [0, 0.05) is 25.4 Å². The second-order valence-electron chi connectivity index (χ2n) is 6.07. The maximum absolute atomic E-state index is 12.5. The van der Waals surface area contributed by atoms with Crippen molar-refractivity contribution in [3.8, 4) is 0 Å². The quantitative estimate of drug-likeness (QED) is 0.863. The maximum atomic E-state index is 12.5. The van der Waals surface area contributed by atoms with Gasteiger partial charge in [-0.25, -0.2) is 4.79 Å². The lowest BCUT2D eigenvalue weighted by molar-refractivity contribution is -0.122. The van der Waals surface area contributed by atoms with Crippen LogP contribution < -0.4 is 0 Å². The zero-order chi connectivity index (χ0) is 16.8. The van der Waals surface area contributed by atoms with Crippen LogP contribution in [0.1, 0.15) is 24.0 Å². The molecule has 1 atom stereocenters. The zero-order valence-corrected chi connectivity index (χ0v) is 13.6. The summed E-state index contributed by atoms with van der Waals surface area (Å²) in [7, 11) is 0. The first kappa shape index (κ1) is 16.2. The lowest BCUT2D eigenvalue weighted by atomic mass is 9.95. The van der Waals surface area contributed by atoms with Crippen molar-refractivity contribution in [2.45, 2.75) is 31.9 Å². The fourth-order valence-corrected chi connectivity index (χ4v) is 3.01. The third-order valence-corrected chi connectivity index (χ3v) is 4.29. The van der Waals surface area contributed by atoms with Crippen molar-refractivity contribution in [2.75, 3.05) is 6.54 Å². The summed E-state index contributed by atoms with van der Waals surface area (Å²) in [5, 5.41) is 0. The van der Waals surface area contributed by atoms with Gasteiger partial charge >= 0.3 is 6.09 Å². The molecule has 2 aromatic carbocycles. The van der Waals surface area contributed by atoms with Crippen LogP contribution in [0, 0.1) is 0 Å². The summed E-state index contributed by atoms with van der Waals surface area (Å²) in [4.78, 5) is 26.0. The molecule has 0 aliphatic carbocycles. The maximum Gasteiger partial charge on any atom is 0.410 e. The first-order valence-corrected chi connectivity index (χ1v) is 8.25. The minimum absolute atomic E-state index is 0.128. The number of ketones is 1. The van der Waals surface area contributed by atoms with Crippen molar-refractivity contribution in [1.29, 1.82) is 0 Å². The Hall–Kier alpha value is -2.62. The predicted molar refractivity (Wildman–Crippen MR) is 91.5 cm³/mol. The van der Waals surface area contributed by atoms with Gasteiger partial charge in [-0.1, -0.05) is 60.7 Å². The Morgan fingerprint density at radius 1 is 1.00 bits per heavy atom. The normalized spacial score (nSPS) is 17.6. The predicted octanol–water partition coefficient (Wildman–Crippen LogP) is 3.60. The van der Waals surface area contributed by atoms with Crippen LogP contribution in [0.3, 0.4) is 0 Å². The van der Waals surface area contributed by atoms with Gasteiger partial charge in [0.1, 0.15) is 12.4 Å². The van der Waals surface area contributed by atoms with E-state index in [9.17, 15) is 9.59 Å². The second-order valence-corrected chi connectivity index (χ2v) is 6.07. The van der Waals surface area contributed by atoms with E-state index in [0.717, 1.165) is 11.1 Å². The van der Waals surface area contributed by atoms with Crippen LogP contribution in [-0.4, -0.2) is 29.4 Å². The van der Waals surface area contributed by atoms with Crippen LogP contribution in [0.15, 0.2) is 60.7 Å². The van der Waals surface area contributed by atoms with Crippen molar-refractivity contribution in [2.24, 2.45) is 0 Å². The summed E-state index contributed by atoms with van der Waals surface area (Å²) < 4.78 is 5.45. The van der Waals surface area contributed by atoms with Gasteiger partial charge in [0.2, 0.25) is 0 Å². The Balaban J connectivity index is 1.64. The largest absolute Gasteiger partial charge is 0.445 e. The Bertz CT molecular complexity index is 685. The third kappa shape index (κ3) is 4.22.